The van der Waals surface area contributed by atoms with Crippen LogP contribution in [0.1, 0.15) is 17.3 Å². The average molecular weight is 389 g/mol. The first kappa shape index (κ1) is 19.8. The lowest BCUT2D eigenvalue weighted by molar-refractivity contribution is -0.384. The second kappa shape index (κ2) is 8.79. The largest absolute Gasteiger partial charge is 0.341 e. The summed E-state index contributed by atoms with van der Waals surface area (Å²) < 4.78 is 0. The van der Waals surface area contributed by atoms with Crippen LogP contribution in [-0.2, 0) is 4.79 Å². The van der Waals surface area contributed by atoms with Crippen LogP contribution in [0, 0.1) is 10.1 Å². The third-order valence-corrected chi connectivity index (χ3v) is 4.32. The summed E-state index contributed by atoms with van der Waals surface area (Å²) in [7, 11) is 0. The molecule has 0 saturated carbocycles. The van der Waals surface area contributed by atoms with Crippen molar-refractivity contribution in [2.45, 2.75) is 13.0 Å². The Balaban J connectivity index is 1.61. The number of benzene rings is 3. The van der Waals surface area contributed by atoms with Gasteiger partial charge in [-0.15, -0.1) is 0 Å². The lowest BCUT2D eigenvalue weighted by atomic mass is 10.1. The van der Waals surface area contributed by atoms with E-state index in [9.17, 15) is 19.7 Å². The zero-order valence-electron chi connectivity index (χ0n) is 15.7. The van der Waals surface area contributed by atoms with E-state index in [1.807, 2.05) is 42.5 Å². The number of non-ortho nitro benzene ring substituents is 1. The molecule has 0 aliphatic rings. The number of hydrogen-bond donors (Lipinski definition) is 2. The van der Waals surface area contributed by atoms with Crippen molar-refractivity contribution in [3.05, 3.63) is 94.5 Å². The second-order valence-corrected chi connectivity index (χ2v) is 6.44. The quantitative estimate of drug-likeness (QED) is 0.491. The Labute approximate surface area is 167 Å². The van der Waals surface area contributed by atoms with Gasteiger partial charge in [-0.1, -0.05) is 48.5 Å². The molecule has 1 atom stereocenters. The molecule has 0 saturated heterocycles. The standard InChI is InChI=1S/C22H19N3O4/c1-15(23-22(27)18-8-5-9-20(14-18)25(28)29)21(26)24-19-12-10-17(11-13-19)16-6-3-2-4-7-16/h2-15H,1H3,(H,23,27)(H,24,26)/t15-/m0/s1. The lowest BCUT2D eigenvalue weighted by Crippen LogP contribution is -2.41. The van der Waals surface area contributed by atoms with Crippen molar-refractivity contribution in [1.29, 1.82) is 0 Å². The van der Waals surface area contributed by atoms with E-state index in [-0.39, 0.29) is 11.3 Å². The van der Waals surface area contributed by atoms with Crippen LogP contribution in [-0.4, -0.2) is 22.8 Å². The predicted molar refractivity (Wildman–Crippen MR) is 111 cm³/mol. The molecule has 0 unspecified atom stereocenters. The molecule has 0 aromatic heterocycles. The summed E-state index contributed by atoms with van der Waals surface area (Å²) >= 11 is 0. The second-order valence-electron chi connectivity index (χ2n) is 6.44. The summed E-state index contributed by atoms with van der Waals surface area (Å²) in [4.78, 5) is 34.9. The monoisotopic (exact) mass is 389 g/mol. The first-order valence-electron chi connectivity index (χ1n) is 8.96. The molecule has 0 heterocycles. The molecule has 0 spiro atoms. The van der Waals surface area contributed by atoms with Crippen molar-refractivity contribution in [3.8, 4) is 11.1 Å². The summed E-state index contributed by atoms with van der Waals surface area (Å²) in [5.41, 5.74) is 2.63. The third-order valence-electron chi connectivity index (χ3n) is 4.32. The molecule has 7 nitrogen and oxygen atoms in total. The Hall–Kier alpha value is -4.00. The molecule has 2 amide bonds. The van der Waals surface area contributed by atoms with E-state index in [4.69, 9.17) is 0 Å². The Morgan fingerprint density at radius 3 is 2.21 bits per heavy atom. The highest BCUT2D eigenvalue weighted by atomic mass is 16.6. The number of nitrogens with one attached hydrogen (secondary N) is 2. The summed E-state index contributed by atoms with van der Waals surface area (Å²) in [5.74, 6) is -0.952. The summed E-state index contributed by atoms with van der Waals surface area (Å²) in [6.45, 7) is 1.54. The number of nitro groups is 1. The van der Waals surface area contributed by atoms with E-state index in [0.29, 0.717) is 5.69 Å². The van der Waals surface area contributed by atoms with Crippen molar-refractivity contribution >= 4 is 23.2 Å². The minimum absolute atomic E-state index is 0.117. The van der Waals surface area contributed by atoms with Crippen molar-refractivity contribution in [3.63, 3.8) is 0 Å². The Morgan fingerprint density at radius 1 is 0.897 bits per heavy atom. The number of anilines is 1. The molecule has 3 aromatic carbocycles. The summed E-state index contributed by atoms with van der Waals surface area (Å²) in [6.07, 6.45) is 0. The van der Waals surface area contributed by atoms with Gasteiger partial charge in [-0.3, -0.25) is 19.7 Å². The number of carbonyl (C=O) groups is 2. The fourth-order valence-corrected chi connectivity index (χ4v) is 2.73. The maximum Gasteiger partial charge on any atom is 0.270 e. The van der Waals surface area contributed by atoms with E-state index in [0.717, 1.165) is 11.1 Å². The van der Waals surface area contributed by atoms with Gasteiger partial charge in [0.2, 0.25) is 5.91 Å². The molecule has 146 valence electrons. The fourth-order valence-electron chi connectivity index (χ4n) is 2.73. The Morgan fingerprint density at radius 2 is 1.55 bits per heavy atom. The predicted octanol–water partition coefficient (Wildman–Crippen LogP) is 4.02. The average Bonchev–Trinajstić information content (AvgIpc) is 2.75. The van der Waals surface area contributed by atoms with E-state index in [1.54, 1.807) is 19.1 Å². The Bertz CT molecular complexity index is 1030. The lowest BCUT2D eigenvalue weighted by Gasteiger charge is -2.14. The van der Waals surface area contributed by atoms with Gasteiger partial charge in [0.15, 0.2) is 0 Å². The van der Waals surface area contributed by atoms with Crippen LogP contribution >= 0.6 is 0 Å². The first-order valence-corrected chi connectivity index (χ1v) is 8.96. The van der Waals surface area contributed by atoms with E-state index < -0.39 is 22.8 Å². The first-order chi connectivity index (χ1) is 13.9. The summed E-state index contributed by atoms with van der Waals surface area (Å²) in [5, 5.41) is 16.1. The van der Waals surface area contributed by atoms with Crippen LogP contribution in [0.15, 0.2) is 78.9 Å². The van der Waals surface area contributed by atoms with Crippen LogP contribution in [0.4, 0.5) is 11.4 Å². The molecule has 3 rings (SSSR count). The third kappa shape index (κ3) is 5.04. The van der Waals surface area contributed by atoms with Gasteiger partial charge in [-0.05, 0) is 36.2 Å². The maximum atomic E-state index is 12.4. The molecular formula is C22H19N3O4. The molecular weight excluding hydrogens is 370 g/mol. The van der Waals surface area contributed by atoms with Crippen molar-refractivity contribution < 1.29 is 14.5 Å². The van der Waals surface area contributed by atoms with Gasteiger partial charge in [0.25, 0.3) is 11.6 Å². The van der Waals surface area contributed by atoms with Gasteiger partial charge in [-0.25, -0.2) is 0 Å². The topological polar surface area (TPSA) is 101 Å². The highest BCUT2D eigenvalue weighted by Gasteiger charge is 2.18. The highest BCUT2D eigenvalue weighted by molar-refractivity contribution is 6.01. The zero-order chi connectivity index (χ0) is 20.8. The van der Waals surface area contributed by atoms with E-state index >= 15 is 0 Å². The van der Waals surface area contributed by atoms with Gasteiger partial charge in [0.05, 0.1) is 4.92 Å². The van der Waals surface area contributed by atoms with Gasteiger partial charge >= 0.3 is 0 Å². The van der Waals surface area contributed by atoms with Crippen LogP contribution in [0.3, 0.4) is 0 Å². The van der Waals surface area contributed by atoms with Gasteiger partial charge in [0.1, 0.15) is 6.04 Å². The summed E-state index contributed by atoms with van der Waals surface area (Å²) in [6, 6.07) is 21.7. The van der Waals surface area contributed by atoms with Crippen molar-refractivity contribution in [2.75, 3.05) is 5.32 Å². The Kier molecular flexibility index (Phi) is 5.99. The number of nitrogens with zero attached hydrogens (tertiary/aromatic N) is 1. The number of amides is 2. The van der Waals surface area contributed by atoms with E-state index in [1.165, 1.54) is 24.3 Å². The molecule has 2 N–H and O–H groups in total. The molecule has 0 bridgehead atoms. The number of rotatable bonds is 6. The minimum atomic E-state index is -0.824. The molecule has 0 aliphatic heterocycles. The molecule has 7 heteroatoms. The number of hydrogen-bond acceptors (Lipinski definition) is 4. The molecule has 0 fully saturated rings. The van der Waals surface area contributed by atoms with Gasteiger partial charge in [0, 0.05) is 23.4 Å². The van der Waals surface area contributed by atoms with Crippen molar-refractivity contribution in [1.82, 2.24) is 5.32 Å². The maximum absolute atomic E-state index is 12.4. The van der Waals surface area contributed by atoms with Crippen molar-refractivity contribution in [2.24, 2.45) is 0 Å². The van der Waals surface area contributed by atoms with Crippen LogP contribution in [0.2, 0.25) is 0 Å². The van der Waals surface area contributed by atoms with Crippen LogP contribution < -0.4 is 10.6 Å². The molecule has 0 aliphatic carbocycles. The van der Waals surface area contributed by atoms with Gasteiger partial charge < -0.3 is 10.6 Å². The number of carbonyl (C=O) groups excluding carboxylic acids is 2. The normalized spacial score (nSPS) is 11.3. The SMILES string of the molecule is C[C@H](NC(=O)c1cccc([N+](=O)[O-])c1)C(=O)Nc1ccc(-c2ccccc2)cc1. The highest BCUT2D eigenvalue weighted by Crippen LogP contribution is 2.21. The van der Waals surface area contributed by atoms with Crippen LogP contribution in [0.25, 0.3) is 11.1 Å². The number of nitro benzene ring substituents is 1. The van der Waals surface area contributed by atoms with Crippen LogP contribution in [0.5, 0.6) is 0 Å². The minimum Gasteiger partial charge on any atom is -0.341 e. The molecule has 3 aromatic rings. The smallest absolute Gasteiger partial charge is 0.270 e. The van der Waals surface area contributed by atoms with Gasteiger partial charge in [-0.2, -0.15) is 0 Å². The molecule has 0 radical (unpaired) electrons. The zero-order valence-corrected chi connectivity index (χ0v) is 15.7. The molecule has 29 heavy (non-hydrogen) atoms. The fraction of sp³-hybridized carbons (Fsp3) is 0.0909. The van der Waals surface area contributed by atoms with E-state index in [2.05, 4.69) is 10.6 Å².